The van der Waals surface area contributed by atoms with Crippen molar-refractivity contribution in [3.8, 4) is 0 Å². The van der Waals surface area contributed by atoms with Gasteiger partial charge in [-0.3, -0.25) is 0 Å². The largest absolute Gasteiger partial charge is 0.302 e. The lowest BCUT2D eigenvalue weighted by Crippen LogP contribution is -2.33. The van der Waals surface area contributed by atoms with E-state index in [-0.39, 0.29) is 10.3 Å². The normalized spacial score (nSPS) is 16.7. The Balaban J connectivity index is 1.52. The summed E-state index contributed by atoms with van der Waals surface area (Å²) in [7, 11) is -3.96. The predicted octanol–water partition coefficient (Wildman–Crippen LogP) is 7.93. The van der Waals surface area contributed by atoms with Crippen molar-refractivity contribution in [1.82, 2.24) is 10.1 Å². The molecule has 0 fully saturated rings. The highest BCUT2D eigenvalue weighted by molar-refractivity contribution is 7.91. The van der Waals surface area contributed by atoms with Gasteiger partial charge in [0.05, 0.1) is 17.8 Å². The number of fused-ring (bicyclic) bond motifs is 1. The van der Waals surface area contributed by atoms with E-state index in [2.05, 4.69) is 15.2 Å². The molecule has 5 nitrogen and oxygen atoms in total. The second kappa shape index (κ2) is 10.1. The summed E-state index contributed by atoms with van der Waals surface area (Å²) >= 11 is 26.0. The Hall–Kier alpha value is -1.84. The molecule has 186 valence electrons. The molecule has 0 radical (unpaired) electrons. The summed E-state index contributed by atoms with van der Waals surface area (Å²) < 4.78 is 31.4. The fourth-order valence-electron chi connectivity index (χ4n) is 4.21. The summed E-state index contributed by atoms with van der Waals surface area (Å²) in [5.74, 6) is 0. The zero-order chi connectivity index (χ0) is 25.6. The minimum absolute atomic E-state index is 0.136. The molecule has 1 aromatic heterocycles. The van der Waals surface area contributed by atoms with Crippen molar-refractivity contribution < 1.29 is 8.42 Å². The van der Waals surface area contributed by atoms with Crippen molar-refractivity contribution in [1.29, 1.82) is 0 Å². The molecule has 0 bridgehead atoms. The Morgan fingerprint density at radius 2 is 1.64 bits per heavy atom. The van der Waals surface area contributed by atoms with Crippen LogP contribution in [0.1, 0.15) is 35.2 Å². The van der Waals surface area contributed by atoms with Crippen molar-refractivity contribution in [3.05, 3.63) is 97.4 Å². The van der Waals surface area contributed by atoms with Gasteiger partial charge in [-0.2, -0.15) is 9.82 Å². The first-order valence-electron chi connectivity index (χ1n) is 10.9. The van der Waals surface area contributed by atoms with Crippen LogP contribution in [0, 0.1) is 6.92 Å². The van der Waals surface area contributed by atoms with Crippen molar-refractivity contribution in [2.75, 3.05) is 0 Å². The monoisotopic (exact) mass is 597 g/mol. The molecule has 3 aromatic carbocycles. The van der Waals surface area contributed by atoms with Crippen LogP contribution in [0.15, 0.2) is 70.0 Å². The molecule has 0 amide bonds. The van der Waals surface area contributed by atoms with Crippen LogP contribution in [0.3, 0.4) is 0 Å². The third kappa shape index (κ3) is 5.11. The van der Waals surface area contributed by atoms with E-state index < -0.39 is 16.1 Å². The number of nitrogens with zero attached hydrogens (tertiary/aromatic N) is 1. The van der Waals surface area contributed by atoms with Gasteiger partial charge in [0, 0.05) is 31.2 Å². The SMILES string of the molecule is Cc1c(S(=O)(=O)NC(C2=NNC(c3ccc(Cl)cc3)C2)c2ccc(Cl)cc2Cl)sc2ccc(Cl)cc12. The van der Waals surface area contributed by atoms with Crippen LogP contribution in [-0.2, 0) is 10.0 Å². The van der Waals surface area contributed by atoms with E-state index in [1.807, 2.05) is 30.3 Å². The number of benzene rings is 3. The highest BCUT2D eigenvalue weighted by atomic mass is 35.5. The minimum atomic E-state index is -3.96. The number of sulfonamides is 1. The number of rotatable bonds is 6. The third-order valence-electron chi connectivity index (χ3n) is 6.03. The fraction of sp³-hybridized carbons (Fsp3) is 0.160. The van der Waals surface area contributed by atoms with Gasteiger partial charge < -0.3 is 5.43 Å². The molecule has 2 atom stereocenters. The fourth-order valence-corrected chi connectivity index (χ4v) is 8.00. The smallest absolute Gasteiger partial charge is 0.251 e. The lowest BCUT2D eigenvalue weighted by molar-refractivity contribution is 0.578. The van der Waals surface area contributed by atoms with Crippen LogP contribution in [-0.4, -0.2) is 14.1 Å². The molecule has 2 heterocycles. The molecule has 1 aliphatic rings. The second-order valence-electron chi connectivity index (χ2n) is 8.42. The van der Waals surface area contributed by atoms with E-state index in [1.54, 1.807) is 37.3 Å². The van der Waals surface area contributed by atoms with Crippen LogP contribution in [0.25, 0.3) is 10.1 Å². The number of halogens is 4. The van der Waals surface area contributed by atoms with Gasteiger partial charge in [-0.15, -0.1) is 11.3 Å². The average Bonchev–Trinajstić information content (AvgIpc) is 3.44. The topological polar surface area (TPSA) is 70.6 Å². The van der Waals surface area contributed by atoms with Gasteiger partial charge in [0.25, 0.3) is 10.0 Å². The third-order valence-corrected chi connectivity index (χ3v) is 10.4. The molecule has 1 aliphatic heterocycles. The Kier molecular flexibility index (Phi) is 7.26. The van der Waals surface area contributed by atoms with E-state index in [0.29, 0.717) is 43.3 Å². The highest BCUT2D eigenvalue weighted by Crippen LogP contribution is 2.38. The zero-order valence-electron chi connectivity index (χ0n) is 18.7. The van der Waals surface area contributed by atoms with Crippen LogP contribution in [0.4, 0.5) is 0 Å². The summed E-state index contributed by atoms with van der Waals surface area (Å²) in [6.07, 6.45) is 0.467. The Labute approximate surface area is 233 Å². The first-order chi connectivity index (χ1) is 17.1. The van der Waals surface area contributed by atoms with E-state index in [9.17, 15) is 8.42 Å². The molecule has 0 aliphatic carbocycles. The molecule has 4 aromatic rings. The lowest BCUT2D eigenvalue weighted by atomic mass is 9.96. The molecule has 2 unspecified atom stereocenters. The number of aryl methyl sites for hydroxylation is 1. The van der Waals surface area contributed by atoms with Gasteiger partial charge in [0.15, 0.2) is 0 Å². The van der Waals surface area contributed by atoms with E-state index in [1.165, 1.54) is 11.3 Å². The molecule has 5 rings (SSSR count). The number of hydrogen-bond donors (Lipinski definition) is 2. The molecule has 36 heavy (non-hydrogen) atoms. The Morgan fingerprint density at radius 1 is 0.972 bits per heavy atom. The second-order valence-corrected chi connectivity index (χ2v) is 13.1. The van der Waals surface area contributed by atoms with E-state index >= 15 is 0 Å². The number of nitrogens with one attached hydrogen (secondary N) is 2. The van der Waals surface area contributed by atoms with Crippen molar-refractivity contribution >= 4 is 83.6 Å². The first-order valence-corrected chi connectivity index (χ1v) is 14.7. The quantitative estimate of drug-likeness (QED) is 0.237. The van der Waals surface area contributed by atoms with Crippen LogP contribution < -0.4 is 10.1 Å². The molecule has 0 saturated carbocycles. The molecule has 2 N–H and O–H groups in total. The molecule has 0 spiro atoms. The summed E-state index contributed by atoms with van der Waals surface area (Å²) in [4.78, 5) is 0. The van der Waals surface area contributed by atoms with Gasteiger partial charge in [0.1, 0.15) is 4.21 Å². The number of thiophene rings is 1. The van der Waals surface area contributed by atoms with Gasteiger partial charge in [0.2, 0.25) is 0 Å². The van der Waals surface area contributed by atoms with Crippen LogP contribution in [0.2, 0.25) is 20.1 Å². The summed E-state index contributed by atoms with van der Waals surface area (Å²) in [6.45, 7) is 1.78. The summed E-state index contributed by atoms with van der Waals surface area (Å²) in [5.41, 5.74) is 5.90. The molecule has 0 saturated heterocycles. The average molecular weight is 599 g/mol. The number of hydrazone groups is 1. The maximum atomic E-state index is 13.7. The first kappa shape index (κ1) is 25.8. The summed E-state index contributed by atoms with van der Waals surface area (Å²) in [5, 5.41) is 7.29. The summed E-state index contributed by atoms with van der Waals surface area (Å²) in [6, 6.07) is 16.8. The maximum Gasteiger partial charge on any atom is 0.251 e. The number of hydrogen-bond acceptors (Lipinski definition) is 5. The zero-order valence-corrected chi connectivity index (χ0v) is 23.4. The van der Waals surface area contributed by atoms with Crippen LogP contribution in [0.5, 0.6) is 0 Å². The van der Waals surface area contributed by atoms with Gasteiger partial charge in [-0.05, 0) is 71.5 Å². The van der Waals surface area contributed by atoms with Crippen molar-refractivity contribution in [2.45, 2.75) is 29.6 Å². The standard InChI is InChI=1S/C25H19Cl4N3O2S2/c1-13-19-10-16(27)7-9-23(19)35-25(13)36(33,34)32-24(18-8-6-17(28)11-20(18)29)22-12-21(30-31-22)14-2-4-15(26)5-3-14/h2-11,21,24,30,32H,12H2,1H3. The maximum absolute atomic E-state index is 13.7. The van der Waals surface area contributed by atoms with E-state index in [0.717, 1.165) is 15.6 Å². The predicted molar refractivity (Wildman–Crippen MR) is 150 cm³/mol. The van der Waals surface area contributed by atoms with E-state index in [4.69, 9.17) is 46.4 Å². The van der Waals surface area contributed by atoms with Gasteiger partial charge in [-0.1, -0.05) is 64.6 Å². The highest BCUT2D eigenvalue weighted by Gasteiger charge is 2.33. The minimum Gasteiger partial charge on any atom is -0.302 e. The molecular weight excluding hydrogens is 580 g/mol. The Morgan fingerprint density at radius 3 is 2.36 bits per heavy atom. The molecular formula is C25H19Cl4N3O2S2. The van der Waals surface area contributed by atoms with Gasteiger partial charge >= 0.3 is 0 Å². The molecule has 11 heteroatoms. The van der Waals surface area contributed by atoms with Crippen molar-refractivity contribution in [2.24, 2.45) is 5.10 Å². The van der Waals surface area contributed by atoms with Crippen LogP contribution >= 0.6 is 57.7 Å². The van der Waals surface area contributed by atoms with Crippen molar-refractivity contribution in [3.63, 3.8) is 0 Å². The lowest BCUT2D eigenvalue weighted by Gasteiger charge is -2.21. The van der Waals surface area contributed by atoms with Gasteiger partial charge in [-0.25, -0.2) is 8.42 Å². The Bertz CT molecular complexity index is 1600.